The number of nitrogens with zero attached hydrogens (tertiary/aromatic N) is 4. The summed E-state index contributed by atoms with van der Waals surface area (Å²) in [5, 5.41) is 4.33. The Morgan fingerprint density at radius 1 is 1.13 bits per heavy atom. The molecule has 3 N–H and O–H groups in total. The number of aryl methyl sites for hydroxylation is 1. The number of likely N-dealkylation sites (N-methyl/N-ethyl adjacent to an activating group) is 1. The zero-order valence-electron chi connectivity index (χ0n) is 17.6. The molecular formula is C24H24N6O. The Hall–Kier alpha value is -3.87. The molecule has 0 bridgehead atoms. The van der Waals surface area contributed by atoms with Crippen LogP contribution in [0.5, 0.6) is 0 Å². The van der Waals surface area contributed by atoms with Gasteiger partial charge in [0.15, 0.2) is 0 Å². The van der Waals surface area contributed by atoms with Crippen molar-refractivity contribution in [2.45, 2.75) is 19.9 Å². The fourth-order valence-corrected chi connectivity index (χ4v) is 4.26. The molecule has 0 saturated heterocycles. The van der Waals surface area contributed by atoms with Crippen LogP contribution in [-0.4, -0.2) is 34.0 Å². The summed E-state index contributed by atoms with van der Waals surface area (Å²) in [7, 11) is 2.05. The van der Waals surface area contributed by atoms with Crippen LogP contribution < -0.4 is 16.0 Å². The normalized spacial score (nSPS) is 12.9. The van der Waals surface area contributed by atoms with E-state index in [2.05, 4.69) is 29.4 Å². The van der Waals surface area contributed by atoms with Gasteiger partial charge in [-0.2, -0.15) is 9.97 Å². The van der Waals surface area contributed by atoms with E-state index in [1.54, 1.807) is 6.07 Å². The second-order valence-corrected chi connectivity index (χ2v) is 7.91. The van der Waals surface area contributed by atoms with Crippen LogP contribution >= 0.6 is 0 Å². The van der Waals surface area contributed by atoms with Crippen molar-refractivity contribution in [2.75, 3.05) is 23.8 Å². The lowest BCUT2D eigenvalue weighted by Crippen LogP contribution is -2.16. The average molecular weight is 412 g/mol. The molecule has 5 rings (SSSR count). The van der Waals surface area contributed by atoms with Crippen LogP contribution in [0.25, 0.3) is 16.9 Å². The Kier molecular flexibility index (Phi) is 4.58. The summed E-state index contributed by atoms with van der Waals surface area (Å²) in [5.41, 5.74) is 10.2. The van der Waals surface area contributed by atoms with Gasteiger partial charge in [0.1, 0.15) is 11.6 Å². The summed E-state index contributed by atoms with van der Waals surface area (Å²) in [6.07, 6.45) is 0.903. The van der Waals surface area contributed by atoms with Gasteiger partial charge in [-0.15, -0.1) is 0 Å². The topological polar surface area (TPSA) is 89.1 Å². The van der Waals surface area contributed by atoms with E-state index in [0.717, 1.165) is 46.8 Å². The number of nitrogens with one attached hydrogen (secondary N) is 1. The Bertz CT molecular complexity index is 1290. The van der Waals surface area contributed by atoms with Crippen molar-refractivity contribution in [2.24, 2.45) is 5.73 Å². The third-order valence-electron chi connectivity index (χ3n) is 5.83. The molecule has 31 heavy (non-hydrogen) atoms. The third kappa shape index (κ3) is 3.28. The number of rotatable bonds is 5. The highest BCUT2D eigenvalue weighted by Gasteiger charge is 2.25. The van der Waals surface area contributed by atoms with Crippen LogP contribution in [0.15, 0.2) is 54.6 Å². The predicted octanol–water partition coefficient (Wildman–Crippen LogP) is 3.43. The molecule has 1 aliphatic rings. The number of primary amides is 1. The molecule has 2 aromatic carbocycles. The largest absolute Gasteiger partial charge is 0.366 e. The van der Waals surface area contributed by atoms with E-state index in [-0.39, 0.29) is 0 Å². The molecule has 156 valence electrons. The first-order chi connectivity index (χ1) is 15.0. The summed E-state index contributed by atoms with van der Waals surface area (Å²) in [6.45, 7) is 3.58. The van der Waals surface area contributed by atoms with Gasteiger partial charge in [-0.1, -0.05) is 36.4 Å². The molecular weight excluding hydrogens is 388 g/mol. The fraction of sp³-hybridized carbons (Fsp3) is 0.208. The van der Waals surface area contributed by atoms with Gasteiger partial charge >= 0.3 is 0 Å². The lowest BCUT2D eigenvalue weighted by molar-refractivity contribution is 0.100. The van der Waals surface area contributed by atoms with Gasteiger partial charge in [0.2, 0.25) is 11.9 Å². The molecule has 0 radical (unpaired) electrons. The molecule has 1 aliphatic heterocycles. The summed E-state index contributed by atoms with van der Waals surface area (Å²) in [6, 6.07) is 17.8. The van der Waals surface area contributed by atoms with Crippen LogP contribution in [0.3, 0.4) is 0 Å². The minimum absolute atomic E-state index is 0.442. The van der Waals surface area contributed by atoms with Crippen molar-refractivity contribution in [3.8, 4) is 5.95 Å². The number of hydrogen-bond acceptors (Lipinski definition) is 5. The van der Waals surface area contributed by atoms with Gasteiger partial charge in [-0.3, -0.25) is 9.36 Å². The minimum Gasteiger partial charge on any atom is -0.366 e. The molecule has 2 aromatic heterocycles. The number of anilines is 2. The van der Waals surface area contributed by atoms with Gasteiger partial charge in [-0.25, -0.2) is 0 Å². The molecule has 0 aliphatic carbocycles. The van der Waals surface area contributed by atoms with Gasteiger partial charge in [0, 0.05) is 42.3 Å². The standard InChI is InChI=1S/C24H24N6O/c1-15-13-19-17(21(25)31)9-6-10-20(19)30(15)24-27-22(18-11-12-29(2)23(18)28-24)26-14-16-7-4-3-5-8-16/h3-10,13H,11-12,14H2,1-2H3,(H2,25,31)(H,26,27,28). The first-order valence-corrected chi connectivity index (χ1v) is 10.3. The van der Waals surface area contributed by atoms with Crippen LogP contribution in [0, 0.1) is 6.92 Å². The lowest BCUT2D eigenvalue weighted by Gasteiger charge is -2.16. The minimum atomic E-state index is -0.442. The van der Waals surface area contributed by atoms with E-state index >= 15 is 0 Å². The second-order valence-electron chi connectivity index (χ2n) is 7.91. The number of fused-ring (bicyclic) bond motifs is 2. The molecule has 3 heterocycles. The number of carbonyl (C=O) groups excluding carboxylic acids is 1. The van der Waals surface area contributed by atoms with E-state index in [0.29, 0.717) is 18.1 Å². The summed E-state index contributed by atoms with van der Waals surface area (Å²) in [4.78, 5) is 23.9. The molecule has 0 atom stereocenters. The third-order valence-corrected chi connectivity index (χ3v) is 5.83. The Morgan fingerprint density at radius 2 is 1.94 bits per heavy atom. The molecule has 7 nitrogen and oxygen atoms in total. The Morgan fingerprint density at radius 3 is 2.71 bits per heavy atom. The average Bonchev–Trinajstić information content (AvgIpc) is 3.31. The molecule has 0 unspecified atom stereocenters. The maximum Gasteiger partial charge on any atom is 0.249 e. The monoisotopic (exact) mass is 412 g/mol. The maximum absolute atomic E-state index is 11.9. The lowest BCUT2D eigenvalue weighted by atomic mass is 10.1. The van der Waals surface area contributed by atoms with E-state index in [1.165, 1.54) is 5.56 Å². The maximum atomic E-state index is 11.9. The van der Waals surface area contributed by atoms with E-state index in [4.69, 9.17) is 15.7 Å². The molecule has 0 saturated carbocycles. The summed E-state index contributed by atoms with van der Waals surface area (Å²) >= 11 is 0. The van der Waals surface area contributed by atoms with E-state index in [1.807, 2.05) is 47.9 Å². The first-order valence-electron chi connectivity index (χ1n) is 10.3. The summed E-state index contributed by atoms with van der Waals surface area (Å²) in [5.74, 6) is 1.92. The molecule has 7 heteroatoms. The molecule has 1 amide bonds. The first kappa shape index (κ1) is 19.1. The highest BCUT2D eigenvalue weighted by atomic mass is 16.1. The zero-order valence-corrected chi connectivity index (χ0v) is 17.6. The van der Waals surface area contributed by atoms with Crippen LogP contribution in [0.1, 0.15) is 27.2 Å². The highest BCUT2D eigenvalue weighted by Crippen LogP contribution is 2.33. The van der Waals surface area contributed by atoms with E-state index < -0.39 is 5.91 Å². The van der Waals surface area contributed by atoms with Crippen LogP contribution in [0.2, 0.25) is 0 Å². The number of aromatic nitrogens is 3. The smallest absolute Gasteiger partial charge is 0.249 e. The van der Waals surface area contributed by atoms with E-state index in [9.17, 15) is 4.79 Å². The van der Waals surface area contributed by atoms with Crippen LogP contribution in [0.4, 0.5) is 11.6 Å². The predicted molar refractivity (Wildman–Crippen MR) is 123 cm³/mol. The molecule has 0 spiro atoms. The van der Waals surface area contributed by atoms with Crippen molar-refractivity contribution in [1.82, 2.24) is 14.5 Å². The number of nitrogens with two attached hydrogens (primary N) is 1. The van der Waals surface area contributed by atoms with Crippen molar-refractivity contribution in [3.05, 3.63) is 77.0 Å². The van der Waals surface area contributed by atoms with Gasteiger partial charge in [0.25, 0.3) is 0 Å². The highest BCUT2D eigenvalue weighted by molar-refractivity contribution is 6.06. The number of hydrogen-bond donors (Lipinski definition) is 2. The van der Waals surface area contributed by atoms with Gasteiger partial charge in [0.05, 0.1) is 5.52 Å². The number of benzene rings is 2. The fourth-order valence-electron chi connectivity index (χ4n) is 4.26. The van der Waals surface area contributed by atoms with Crippen molar-refractivity contribution in [1.29, 1.82) is 0 Å². The van der Waals surface area contributed by atoms with Crippen molar-refractivity contribution >= 4 is 28.4 Å². The summed E-state index contributed by atoms with van der Waals surface area (Å²) < 4.78 is 1.99. The second kappa shape index (κ2) is 7.43. The van der Waals surface area contributed by atoms with Gasteiger partial charge in [-0.05, 0) is 37.1 Å². The zero-order chi connectivity index (χ0) is 21.5. The van der Waals surface area contributed by atoms with Gasteiger partial charge < -0.3 is 16.0 Å². The molecule has 4 aromatic rings. The Labute approximate surface area is 180 Å². The molecule has 0 fully saturated rings. The quantitative estimate of drug-likeness (QED) is 0.524. The number of amides is 1. The Balaban J connectivity index is 1.64. The van der Waals surface area contributed by atoms with Crippen LogP contribution in [-0.2, 0) is 13.0 Å². The number of carbonyl (C=O) groups is 1. The van der Waals surface area contributed by atoms with Crippen molar-refractivity contribution < 1.29 is 4.79 Å². The SMILES string of the molecule is Cc1cc2c(C(N)=O)cccc2n1-c1nc(NCc2ccccc2)c2c(n1)N(C)CC2. The van der Waals surface area contributed by atoms with Crippen molar-refractivity contribution in [3.63, 3.8) is 0 Å².